The molecule has 0 radical (unpaired) electrons. The number of guanidine groups is 1. The number of nitrogens with one attached hydrogen (secondary N) is 3. The fourth-order valence-corrected chi connectivity index (χ4v) is 3.36. The molecule has 6 nitrogen and oxygen atoms in total. The third-order valence-electron chi connectivity index (χ3n) is 4.90. The average Bonchev–Trinajstić information content (AvgIpc) is 2.98. The van der Waals surface area contributed by atoms with Crippen LogP contribution in [0, 0.1) is 0 Å². The maximum absolute atomic E-state index is 11.7. The second-order valence-corrected chi connectivity index (χ2v) is 6.94. The molecule has 0 aromatic heterocycles. The molecule has 0 bridgehead atoms. The first-order chi connectivity index (χ1) is 13.2. The number of rotatable bonds is 8. The first kappa shape index (κ1) is 21.2. The highest BCUT2D eigenvalue weighted by atomic mass is 16.5. The minimum Gasteiger partial charge on any atom is -0.376 e. The van der Waals surface area contributed by atoms with Gasteiger partial charge >= 0.3 is 0 Å². The third kappa shape index (κ3) is 7.99. The summed E-state index contributed by atoms with van der Waals surface area (Å²) in [6, 6.07) is 7.70. The van der Waals surface area contributed by atoms with Crippen molar-refractivity contribution >= 4 is 11.9 Å². The molecule has 0 spiro atoms. The van der Waals surface area contributed by atoms with Gasteiger partial charge in [-0.05, 0) is 37.0 Å². The zero-order chi connectivity index (χ0) is 19.3. The molecular weight excluding hydrogens is 340 g/mol. The SMILES string of the molecule is CN=C(NCCOC1CCCCCC1)NCCc1cccc(C(=O)NC)c1. The maximum atomic E-state index is 11.7. The van der Waals surface area contributed by atoms with Crippen LogP contribution in [0.1, 0.15) is 54.4 Å². The largest absolute Gasteiger partial charge is 0.376 e. The van der Waals surface area contributed by atoms with Crippen LogP contribution in [-0.4, -0.2) is 51.8 Å². The van der Waals surface area contributed by atoms with Crippen molar-refractivity contribution in [3.05, 3.63) is 35.4 Å². The summed E-state index contributed by atoms with van der Waals surface area (Å²) in [6.45, 7) is 2.21. The Morgan fingerprint density at radius 3 is 2.59 bits per heavy atom. The van der Waals surface area contributed by atoms with Gasteiger partial charge in [-0.1, -0.05) is 37.8 Å². The molecule has 150 valence electrons. The van der Waals surface area contributed by atoms with E-state index in [4.69, 9.17) is 4.74 Å². The van der Waals surface area contributed by atoms with E-state index >= 15 is 0 Å². The third-order valence-corrected chi connectivity index (χ3v) is 4.90. The average molecular weight is 375 g/mol. The van der Waals surface area contributed by atoms with Gasteiger partial charge in [0, 0.05) is 32.7 Å². The topological polar surface area (TPSA) is 74.8 Å². The Morgan fingerprint density at radius 1 is 1.15 bits per heavy atom. The van der Waals surface area contributed by atoms with Crippen LogP contribution in [0.5, 0.6) is 0 Å². The van der Waals surface area contributed by atoms with Crippen molar-refractivity contribution in [1.29, 1.82) is 0 Å². The first-order valence-electron chi connectivity index (χ1n) is 10.1. The molecule has 1 saturated carbocycles. The molecule has 0 unspecified atom stereocenters. The normalized spacial score (nSPS) is 15.9. The van der Waals surface area contributed by atoms with Crippen LogP contribution in [0.4, 0.5) is 0 Å². The van der Waals surface area contributed by atoms with E-state index < -0.39 is 0 Å². The van der Waals surface area contributed by atoms with E-state index in [0.717, 1.165) is 31.0 Å². The lowest BCUT2D eigenvalue weighted by atomic mass is 10.1. The lowest BCUT2D eigenvalue weighted by Gasteiger charge is -2.17. The summed E-state index contributed by atoms with van der Waals surface area (Å²) in [7, 11) is 3.42. The second-order valence-electron chi connectivity index (χ2n) is 6.94. The summed E-state index contributed by atoms with van der Waals surface area (Å²) in [5, 5.41) is 9.26. The number of amides is 1. The Kier molecular flexibility index (Phi) is 9.69. The van der Waals surface area contributed by atoms with Gasteiger partial charge < -0.3 is 20.7 Å². The van der Waals surface area contributed by atoms with Gasteiger partial charge in [-0.3, -0.25) is 9.79 Å². The Bertz CT molecular complexity index is 596. The van der Waals surface area contributed by atoms with E-state index in [1.54, 1.807) is 14.1 Å². The van der Waals surface area contributed by atoms with Gasteiger partial charge in [-0.25, -0.2) is 0 Å². The number of hydrogen-bond donors (Lipinski definition) is 3. The Labute approximate surface area is 163 Å². The van der Waals surface area contributed by atoms with Crippen molar-refractivity contribution in [2.24, 2.45) is 4.99 Å². The van der Waals surface area contributed by atoms with E-state index in [9.17, 15) is 4.79 Å². The van der Waals surface area contributed by atoms with Crippen molar-refractivity contribution in [3.63, 3.8) is 0 Å². The smallest absolute Gasteiger partial charge is 0.251 e. The molecule has 1 aliphatic carbocycles. The number of hydrogen-bond acceptors (Lipinski definition) is 3. The van der Waals surface area contributed by atoms with Crippen molar-refractivity contribution in [3.8, 4) is 0 Å². The Balaban J connectivity index is 1.64. The number of carbonyl (C=O) groups is 1. The number of carbonyl (C=O) groups excluding carboxylic acids is 1. The zero-order valence-electron chi connectivity index (χ0n) is 16.7. The van der Waals surface area contributed by atoms with E-state index in [2.05, 4.69) is 20.9 Å². The summed E-state index contributed by atoms with van der Waals surface area (Å²) in [5.74, 6) is 0.720. The van der Waals surface area contributed by atoms with Crippen molar-refractivity contribution < 1.29 is 9.53 Å². The molecule has 1 fully saturated rings. The van der Waals surface area contributed by atoms with Crippen LogP contribution >= 0.6 is 0 Å². The molecular formula is C21H34N4O2. The summed E-state index contributed by atoms with van der Waals surface area (Å²) in [5.41, 5.74) is 1.81. The molecule has 2 rings (SSSR count). The maximum Gasteiger partial charge on any atom is 0.251 e. The number of benzene rings is 1. The number of ether oxygens (including phenoxy) is 1. The molecule has 6 heteroatoms. The highest BCUT2D eigenvalue weighted by molar-refractivity contribution is 5.94. The lowest BCUT2D eigenvalue weighted by molar-refractivity contribution is 0.0468. The van der Waals surface area contributed by atoms with E-state index in [1.807, 2.05) is 24.3 Å². The van der Waals surface area contributed by atoms with E-state index in [0.29, 0.717) is 18.3 Å². The van der Waals surface area contributed by atoms with Gasteiger partial charge in [0.25, 0.3) is 5.91 Å². The van der Waals surface area contributed by atoms with Gasteiger partial charge in [0.1, 0.15) is 0 Å². The highest BCUT2D eigenvalue weighted by Crippen LogP contribution is 2.19. The van der Waals surface area contributed by atoms with Gasteiger partial charge in [0.15, 0.2) is 5.96 Å². The van der Waals surface area contributed by atoms with Gasteiger partial charge in [-0.15, -0.1) is 0 Å². The Morgan fingerprint density at radius 2 is 1.89 bits per heavy atom. The van der Waals surface area contributed by atoms with Crippen LogP contribution < -0.4 is 16.0 Å². The van der Waals surface area contributed by atoms with Crippen LogP contribution in [0.3, 0.4) is 0 Å². The predicted octanol–water partition coefficient (Wildman–Crippen LogP) is 2.49. The van der Waals surface area contributed by atoms with E-state index in [-0.39, 0.29) is 5.91 Å². The van der Waals surface area contributed by atoms with Crippen molar-refractivity contribution in [2.75, 3.05) is 33.8 Å². The molecule has 0 heterocycles. The predicted molar refractivity (Wildman–Crippen MR) is 110 cm³/mol. The van der Waals surface area contributed by atoms with Crippen molar-refractivity contribution in [1.82, 2.24) is 16.0 Å². The molecule has 0 aliphatic heterocycles. The van der Waals surface area contributed by atoms with Crippen LogP contribution in [-0.2, 0) is 11.2 Å². The first-order valence-corrected chi connectivity index (χ1v) is 10.1. The highest BCUT2D eigenvalue weighted by Gasteiger charge is 2.12. The summed E-state index contributed by atoms with van der Waals surface area (Å²) < 4.78 is 5.99. The van der Waals surface area contributed by atoms with Gasteiger partial charge in [-0.2, -0.15) is 0 Å². The quantitative estimate of drug-likeness (QED) is 0.283. The number of aliphatic imine (C=N–C) groups is 1. The minimum atomic E-state index is -0.0593. The molecule has 1 aromatic carbocycles. The van der Waals surface area contributed by atoms with Gasteiger partial charge in [0.05, 0.1) is 12.7 Å². The fourth-order valence-electron chi connectivity index (χ4n) is 3.36. The zero-order valence-corrected chi connectivity index (χ0v) is 16.7. The van der Waals surface area contributed by atoms with Gasteiger partial charge in [0.2, 0.25) is 0 Å². The second kappa shape index (κ2) is 12.3. The monoisotopic (exact) mass is 374 g/mol. The van der Waals surface area contributed by atoms with Crippen LogP contribution in [0.2, 0.25) is 0 Å². The van der Waals surface area contributed by atoms with Crippen molar-refractivity contribution in [2.45, 2.75) is 51.0 Å². The summed E-state index contributed by atoms with van der Waals surface area (Å²) in [6.07, 6.45) is 8.93. The fraction of sp³-hybridized carbons (Fsp3) is 0.619. The van der Waals surface area contributed by atoms with Crippen LogP contribution in [0.15, 0.2) is 29.3 Å². The molecule has 1 aliphatic rings. The Hall–Kier alpha value is -2.08. The van der Waals surface area contributed by atoms with E-state index in [1.165, 1.54) is 38.5 Å². The standard InChI is InChI=1S/C21H34N4O2/c1-22-20(26)18-9-7-8-17(16-18)12-13-24-21(23-2)25-14-15-27-19-10-5-3-4-6-11-19/h7-9,16,19H,3-6,10-15H2,1-2H3,(H,22,26)(H2,23,24,25). The minimum absolute atomic E-state index is 0.0593. The molecule has 3 N–H and O–H groups in total. The lowest BCUT2D eigenvalue weighted by Crippen LogP contribution is -2.40. The summed E-state index contributed by atoms with van der Waals surface area (Å²) >= 11 is 0. The molecule has 1 aromatic rings. The molecule has 0 atom stereocenters. The summed E-state index contributed by atoms with van der Waals surface area (Å²) in [4.78, 5) is 16.0. The molecule has 27 heavy (non-hydrogen) atoms. The number of nitrogens with zero attached hydrogens (tertiary/aromatic N) is 1. The molecule has 0 saturated heterocycles. The van der Waals surface area contributed by atoms with Crippen LogP contribution in [0.25, 0.3) is 0 Å². The molecule has 1 amide bonds.